The third-order valence-electron chi connectivity index (χ3n) is 2.05. The van der Waals surface area contributed by atoms with Crippen LogP contribution in [0.4, 0.5) is 11.4 Å². The summed E-state index contributed by atoms with van der Waals surface area (Å²) in [5, 5.41) is 0. The maximum absolute atomic E-state index is 5.64. The number of nitrogen functional groups attached to an aromatic ring is 1. The summed E-state index contributed by atoms with van der Waals surface area (Å²) in [5.74, 6) is 0. The van der Waals surface area contributed by atoms with Gasteiger partial charge in [-0.3, -0.25) is 0 Å². The molecule has 1 aromatic carbocycles. The number of hydrogen-bond acceptors (Lipinski definition) is 2. The highest BCUT2D eigenvalue weighted by Crippen LogP contribution is 2.20. The maximum Gasteiger partial charge on any atom is 0.0365 e. The molecule has 0 saturated heterocycles. The molecule has 1 rings (SSSR count). The fraction of sp³-hybridized carbons (Fsp3) is 0.500. The van der Waals surface area contributed by atoms with E-state index in [2.05, 4.69) is 44.9 Å². The molecule has 0 aromatic heterocycles. The van der Waals surface area contributed by atoms with Gasteiger partial charge in [0.1, 0.15) is 0 Å². The van der Waals surface area contributed by atoms with Gasteiger partial charge < -0.3 is 10.6 Å². The van der Waals surface area contributed by atoms with Crippen LogP contribution in [-0.4, -0.2) is 13.6 Å². The third-order valence-corrected chi connectivity index (χ3v) is 2.05. The fourth-order valence-corrected chi connectivity index (χ4v) is 1.53. The van der Waals surface area contributed by atoms with Crippen molar-refractivity contribution in [2.75, 3.05) is 24.2 Å². The van der Waals surface area contributed by atoms with Gasteiger partial charge >= 0.3 is 0 Å². The molecule has 2 N–H and O–H groups in total. The van der Waals surface area contributed by atoms with E-state index < -0.39 is 0 Å². The topological polar surface area (TPSA) is 29.3 Å². The lowest BCUT2D eigenvalue weighted by Crippen LogP contribution is -2.28. The lowest BCUT2D eigenvalue weighted by Gasteiger charge is -2.28. The predicted octanol–water partition coefficient (Wildman–Crippen LogP) is 2.75. The van der Waals surface area contributed by atoms with E-state index in [-0.39, 0.29) is 0 Å². The Morgan fingerprint density at radius 2 is 1.64 bits per heavy atom. The number of nitrogens with zero attached hydrogens (tertiary/aromatic N) is 1. The highest BCUT2D eigenvalue weighted by Gasteiger charge is 2.13. The van der Waals surface area contributed by atoms with E-state index >= 15 is 0 Å². The van der Waals surface area contributed by atoms with Crippen molar-refractivity contribution in [1.29, 1.82) is 0 Å². The molecular formula is C12H20N2. The largest absolute Gasteiger partial charge is 0.399 e. The molecule has 14 heavy (non-hydrogen) atoms. The number of hydrogen-bond donors (Lipinski definition) is 1. The summed E-state index contributed by atoms with van der Waals surface area (Å²) in [6.45, 7) is 7.75. The van der Waals surface area contributed by atoms with Gasteiger partial charge in [-0.25, -0.2) is 0 Å². The minimum atomic E-state index is 0.316. The summed E-state index contributed by atoms with van der Waals surface area (Å²) < 4.78 is 0. The second-order valence-corrected chi connectivity index (χ2v) is 5.01. The minimum absolute atomic E-state index is 0.316. The molecule has 0 aliphatic heterocycles. The van der Waals surface area contributed by atoms with Crippen molar-refractivity contribution in [2.24, 2.45) is 5.41 Å². The Hall–Kier alpha value is -1.18. The predicted molar refractivity (Wildman–Crippen MR) is 63.6 cm³/mol. The second kappa shape index (κ2) is 3.91. The molecule has 0 aliphatic rings. The van der Waals surface area contributed by atoms with Crippen LogP contribution in [0.15, 0.2) is 24.3 Å². The normalized spacial score (nSPS) is 11.4. The zero-order chi connectivity index (χ0) is 10.8. The van der Waals surface area contributed by atoms with Crippen LogP contribution in [0, 0.1) is 5.41 Å². The van der Waals surface area contributed by atoms with Gasteiger partial charge in [-0.2, -0.15) is 0 Å². The highest BCUT2D eigenvalue weighted by atomic mass is 15.1. The van der Waals surface area contributed by atoms with Gasteiger partial charge in [0.25, 0.3) is 0 Å². The van der Waals surface area contributed by atoms with Gasteiger partial charge in [0.15, 0.2) is 0 Å². The van der Waals surface area contributed by atoms with Crippen molar-refractivity contribution >= 4 is 11.4 Å². The lowest BCUT2D eigenvalue weighted by molar-refractivity contribution is 0.419. The molecule has 1 aromatic rings. The maximum atomic E-state index is 5.64. The van der Waals surface area contributed by atoms with Crippen LogP contribution in [0.5, 0.6) is 0 Å². The van der Waals surface area contributed by atoms with Gasteiger partial charge in [-0.05, 0) is 29.7 Å². The van der Waals surface area contributed by atoms with Crippen LogP contribution < -0.4 is 10.6 Å². The number of rotatable bonds is 2. The van der Waals surface area contributed by atoms with Crippen molar-refractivity contribution < 1.29 is 0 Å². The van der Waals surface area contributed by atoms with Crippen molar-refractivity contribution in [3.8, 4) is 0 Å². The Balaban J connectivity index is 2.70. The minimum Gasteiger partial charge on any atom is -0.399 e. The summed E-state index contributed by atoms with van der Waals surface area (Å²) in [5.41, 5.74) is 7.99. The molecule has 2 nitrogen and oxygen atoms in total. The highest BCUT2D eigenvalue weighted by molar-refractivity contribution is 5.52. The first-order chi connectivity index (χ1) is 6.38. The Kier molecular flexibility index (Phi) is 3.04. The molecule has 0 fully saturated rings. The third kappa shape index (κ3) is 3.29. The molecule has 0 radical (unpaired) electrons. The molecule has 0 spiro atoms. The molecule has 2 heteroatoms. The van der Waals surface area contributed by atoms with E-state index in [4.69, 9.17) is 5.73 Å². The summed E-state index contributed by atoms with van der Waals surface area (Å²) in [4.78, 5) is 2.25. The molecule has 0 atom stereocenters. The first kappa shape index (κ1) is 10.9. The second-order valence-electron chi connectivity index (χ2n) is 5.01. The summed E-state index contributed by atoms with van der Waals surface area (Å²) >= 11 is 0. The van der Waals surface area contributed by atoms with Crippen LogP contribution in [-0.2, 0) is 0 Å². The summed E-state index contributed by atoms with van der Waals surface area (Å²) in [6, 6.07) is 7.99. The molecule has 0 saturated carbocycles. The Morgan fingerprint density at radius 1 is 1.14 bits per heavy atom. The van der Waals surface area contributed by atoms with E-state index in [1.807, 2.05) is 12.1 Å². The molecule has 0 amide bonds. The van der Waals surface area contributed by atoms with Crippen molar-refractivity contribution in [3.05, 3.63) is 24.3 Å². The molecule has 0 heterocycles. The van der Waals surface area contributed by atoms with Crippen molar-refractivity contribution in [2.45, 2.75) is 20.8 Å². The molecular weight excluding hydrogens is 172 g/mol. The van der Waals surface area contributed by atoms with Gasteiger partial charge in [0.2, 0.25) is 0 Å². The van der Waals surface area contributed by atoms with E-state index in [0.717, 1.165) is 12.2 Å². The first-order valence-corrected chi connectivity index (χ1v) is 4.95. The molecule has 0 bridgehead atoms. The van der Waals surface area contributed by atoms with Gasteiger partial charge in [-0.15, -0.1) is 0 Å². The quantitative estimate of drug-likeness (QED) is 0.730. The van der Waals surface area contributed by atoms with Crippen LogP contribution in [0.25, 0.3) is 0 Å². The van der Waals surface area contributed by atoms with Crippen molar-refractivity contribution in [3.63, 3.8) is 0 Å². The average Bonchev–Trinajstić information content (AvgIpc) is 2.02. The van der Waals surface area contributed by atoms with Crippen LogP contribution in [0.1, 0.15) is 20.8 Å². The zero-order valence-electron chi connectivity index (χ0n) is 9.54. The van der Waals surface area contributed by atoms with Crippen LogP contribution in [0.2, 0.25) is 0 Å². The Morgan fingerprint density at radius 3 is 2.07 bits per heavy atom. The van der Waals surface area contributed by atoms with Crippen LogP contribution in [0.3, 0.4) is 0 Å². The monoisotopic (exact) mass is 192 g/mol. The van der Waals surface area contributed by atoms with E-state index in [1.54, 1.807) is 0 Å². The van der Waals surface area contributed by atoms with E-state index in [1.165, 1.54) is 5.69 Å². The standard InChI is InChI=1S/C12H20N2/c1-12(2,3)9-14(4)11-7-5-10(13)6-8-11/h5-8H,9,13H2,1-4H3. The Bertz CT molecular complexity index is 282. The molecule has 0 unspecified atom stereocenters. The van der Waals surface area contributed by atoms with Crippen molar-refractivity contribution in [1.82, 2.24) is 0 Å². The smallest absolute Gasteiger partial charge is 0.0365 e. The lowest BCUT2D eigenvalue weighted by atomic mass is 9.96. The molecule has 78 valence electrons. The van der Waals surface area contributed by atoms with Gasteiger partial charge in [0.05, 0.1) is 0 Å². The van der Waals surface area contributed by atoms with Gasteiger partial charge in [-0.1, -0.05) is 20.8 Å². The number of nitrogens with two attached hydrogens (primary N) is 1. The SMILES string of the molecule is CN(CC(C)(C)C)c1ccc(N)cc1. The van der Waals surface area contributed by atoms with Crippen LogP contribution >= 0.6 is 0 Å². The summed E-state index contributed by atoms with van der Waals surface area (Å²) in [6.07, 6.45) is 0. The molecule has 0 aliphatic carbocycles. The fourth-order valence-electron chi connectivity index (χ4n) is 1.53. The van der Waals surface area contributed by atoms with E-state index in [0.29, 0.717) is 5.41 Å². The number of benzene rings is 1. The Labute approximate surface area is 86.7 Å². The summed E-state index contributed by atoms with van der Waals surface area (Å²) in [7, 11) is 2.11. The first-order valence-electron chi connectivity index (χ1n) is 4.95. The van der Waals surface area contributed by atoms with E-state index in [9.17, 15) is 0 Å². The number of anilines is 2. The van der Waals surface area contributed by atoms with Gasteiger partial charge in [0, 0.05) is 25.0 Å². The zero-order valence-corrected chi connectivity index (χ0v) is 9.54. The average molecular weight is 192 g/mol.